The van der Waals surface area contributed by atoms with Crippen LogP contribution in [0.3, 0.4) is 0 Å². The van der Waals surface area contributed by atoms with E-state index in [-0.39, 0.29) is 6.10 Å². The molecule has 0 bridgehead atoms. The summed E-state index contributed by atoms with van der Waals surface area (Å²) in [4.78, 5) is 0. The zero-order valence-electron chi connectivity index (χ0n) is 9.99. The smallest absolute Gasteiger partial charge is 0.136 e. The molecule has 1 atom stereocenters. The molecule has 1 aliphatic rings. The zero-order valence-corrected chi connectivity index (χ0v) is 9.99. The quantitative estimate of drug-likeness (QED) is 0.757. The van der Waals surface area contributed by atoms with Gasteiger partial charge < -0.3 is 4.74 Å². The van der Waals surface area contributed by atoms with Gasteiger partial charge in [-0.2, -0.15) is 0 Å². The van der Waals surface area contributed by atoms with Crippen LogP contribution in [-0.2, 0) is 0 Å². The number of benzene rings is 2. The summed E-state index contributed by atoms with van der Waals surface area (Å²) >= 11 is 0. The van der Waals surface area contributed by atoms with E-state index in [1.807, 2.05) is 36.4 Å². The van der Waals surface area contributed by atoms with Gasteiger partial charge in [-0.25, -0.2) is 0 Å². The molecule has 1 nitrogen and oxygen atoms in total. The molecule has 0 aromatic heterocycles. The summed E-state index contributed by atoms with van der Waals surface area (Å²) in [6.07, 6.45) is 8.35. The third-order valence-corrected chi connectivity index (χ3v) is 2.93. The molecule has 2 aromatic carbocycles. The van der Waals surface area contributed by atoms with Gasteiger partial charge in [-0.1, -0.05) is 60.7 Å². The minimum Gasteiger partial charge on any atom is -0.482 e. The fraction of sp³-hybridized carbons (Fsp3) is 0.0588. The molecule has 0 saturated heterocycles. The molecule has 1 aliphatic heterocycles. The van der Waals surface area contributed by atoms with Crippen LogP contribution in [0.15, 0.2) is 66.7 Å². The maximum atomic E-state index is 5.88. The predicted octanol–water partition coefficient (Wildman–Crippen LogP) is 4.17. The SMILES string of the molecule is C1=C[C@H](/C=C/c2ccccc2)Oc2ccccc21. The van der Waals surface area contributed by atoms with Crippen LogP contribution in [0.2, 0.25) is 0 Å². The van der Waals surface area contributed by atoms with E-state index in [1.54, 1.807) is 0 Å². The van der Waals surface area contributed by atoms with Crippen molar-refractivity contribution in [3.8, 4) is 5.75 Å². The second-order valence-corrected chi connectivity index (χ2v) is 4.25. The second-order valence-electron chi connectivity index (χ2n) is 4.25. The van der Waals surface area contributed by atoms with Gasteiger partial charge in [-0.15, -0.1) is 0 Å². The first kappa shape index (κ1) is 10.8. The summed E-state index contributed by atoms with van der Waals surface area (Å²) in [6, 6.07) is 18.3. The summed E-state index contributed by atoms with van der Waals surface area (Å²) in [7, 11) is 0. The number of para-hydroxylation sites is 1. The van der Waals surface area contributed by atoms with Crippen molar-refractivity contribution in [1.29, 1.82) is 0 Å². The van der Waals surface area contributed by atoms with Crippen molar-refractivity contribution in [2.45, 2.75) is 6.10 Å². The average molecular weight is 234 g/mol. The Balaban J connectivity index is 1.76. The highest BCUT2D eigenvalue weighted by Crippen LogP contribution is 2.25. The Kier molecular flexibility index (Phi) is 2.97. The van der Waals surface area contributed by atoms with E-state index in [0.717, 1.165) is 11.3 Å². The molecule has 0 amide bonds. The summed E-state index contributed by atoms with van der Waals surface area (Å²) in [5.41, 5.74) is 2.33. The van der Waals surface area contributed by atoms with E-state index >= 15 is 0 Å². The second kappa shape index (κ2) is 4.92. The summed E-state index contributed by atoms with van der Waals surface area (Å²) in [5, 5.41) is 0. The summed E-state index contributed by atoms with van der Waals surface area (Å²) < 4.78 is 5.88. The van der Waals surface area contributed by atoms with Crippen LogP contribution in [0.4, 0.5) is 0 Å². The molecule has 0 spiro atoms. The molecular weight excluding hydrogens is 220 g/mol. The number of fused-ring (bicyclic) bond motifs is 1. The number of hydrogen-bond acceptors (Lipinski definition) is 1. The normalized spacial score (nSPS) is 17.4. The van der Waals surface area contributed by atoms with Gasteiger partial charge in [0.15, 0.2) is 0 Å². The summed E-state index contributed by atoms with van der Waals surface area (Å²) in [5.74, 6) is 0.947. The monoisotopic (exact) mass is 234 g/mol. The molecule has 0 unspecified atom stereocenters. The Hall–Kier alpha value is -2.28. The van der Waals surface area contributed by atoms with Crippen LogP contribution < -0.4 is 4.74 Å². The minimum atomic E-state index is 0.0140. The molecule has 1 heteroatoms. The van der Waals surface area contributed by atoms with E-state index in [9.17, 15) is 0 Å². The fourth-order valence-electron chi connectivity index (χ4n) is 1.98. The van der Waals surface area contributed by atoms with Gasteiger partial charge in [-0.05, 0) is 23.8 Å². The van der Waals surface area contributed by atoms with Crippen LogP contribution in [0.25, 0.3) is 12.2 Å². The Morgan fingerprint density at radius 3 is 2.56 bits per heavy atom. The van der Waals surface area contributed by atoms with Crippen LogP contribution >= 0.6 is 0 Å². The lowest BCUT2D eigenvalue weighted by atomic mass is 10.1. The first-order valence-corrected chi connectivity index (χ1v) is 6.09. The van der Waals surface area contributed by atoms with Gasteiger partial charge in [0.05, 0.1) is 0 Å². The van der Waals surface area contributed by atoms with E-state index in [2.05, 4.69) is 42.5 Å². The lowest BCUT2D eigenvalue weighted by Crippen LogP contribution is -2.13. The van der Waals surface area contributed by atoms with E-state index < -0.39 is 0 Å². The molecule has 88 valence electrons. The fourth-order valence-corrected chi connectivity index (χ4v) is 1.98. The lowest BCUT2D eigenvalue weighted by Gasteiger charge is -2.18. The molecule has 0 aliphatic carbocycles. The first-order valence-electron chi connectivity index (χ1n) is 6.09. The van der Waals surface area contributed by atoms with Crippen LogP contribution in [0.5, 0.6) is 5.75 Å². The highest BCUT2D eigenvalue weighted by atomic mass is 16.5. The Labute approximate surface area is 107 Å². The maximum absolute atomic E-state index is 5.88. The van der Waals surface area contributed by atoms with Gasteiger partial charge in [0.25, 0.3) is 0 Å². The molecule has 1 heterocycles. The van der Waals surface area contributed by atoms with Gasteiger partial charge in [-0.3, -0.25) is 0 Å². The van der Waals surface area contributed by atoms with E-state index in [1.165, 1.54) is 5.56 Å². The van der Waals surface area contributed by atoms with Crippen molar-refractivity contribution in [2.24, 2.45) is 0 Å². The van der Waals surface area contributed by atoms with Crippen molar-refractivity contribution >= 4 is 12.2 Å². The zero-order chi connectivity index (χ0) is 12.2. The van der Waals surface area contributed by atoms with Crippen molar-refractivity contribution < 1.29 is 4.74 Å². The van der Waals surface area contributed by atoms with Crippen molar-refractivity contribution in [1.82, 2.24) is 0 Å². The van der Waals surface area contributed by atoms with Gasteiger partial charge >= 0.3 is 0 Å². The number of hydrogen-bond donors (Lipinski definition) is 0. The Morgan fingerprint density at radius 1 is 0.889 bits per heavy atom. The third kappa shape index (κ3) is 2.35. The molecule has 0 N–H and O–H groups in total. The Morgan fingerprint density at radius 2 is 1.67 bits per heavy atom. The van der Waals surface area contributed by atoms with Crippen molar-refractivity contribution in [2.75, 3.05) is 0 Å². The van der Waals surface area contributed by atoms with Gasteiger partial charge in [0, 0.05) is 5.56 Å². The summed E-state index contributed by atoms with van der Waals surface area (Å²) in [6.45, 7) is 0. The largest absolute Gasteiger partial charge is 0.482 e. The van der Waals surface area contributed by atoms with Gasteiger partial charge in [0.1, 0.15) is 11.9 Å². The Bertz CT molecular complexity index is 582. The average Bonchev–Trinajstić information content (AvgIpc) is 2.46. The predicted molar refractivity (Wildman–Crippen MR) is 75.4 cm³/mol. The highest BCUT2D eigenvalue weighted by molar-refractivity contribution is 5.61. The minimum absolute atomic E-state index is 0.0140. The van der Waals surface area contributed by atoms with Crippen LogP contribution in [0.1, 0.15) is 11.1 Å². The molecule has 0 fully saturated rings. The van der Waals surface area contributed by atoms with Crippen LogP contribution in [-0.4, -0.2) is 6.10 Å². The lowest BCUT2D eigenvalue weighted by molar-refractivity contribution is 0.293. The number of rotatable bonds is 2. The molecule has 3 rings (SSSR count). The van der Waals surface area contributed by atoms with Crippen molar-refractivity contribution in [3.05, 3.63) is 77.9 Å². The molecule has 0 radical (unpaired) electrons. The molecule has 0 saturated carbocycles. The third-order valence-electron chi connectivity index (χ3n) is 2.93. The van der Waals surface area contributed by atoms with Gasteiger partial charge in [0.2, 0.25) is 0 Å². The molecule has 2 aromatic rings. The maximum Gasteiger partial charge on any atom is 0.136 e. The first-order chi connectivity index (χ1) is 8.92. The van der Waals surface area contributed by atoms with Crippen molar-refractivity contribution in [3.63, 3.8) is 0 Å². The highest BCUT2D eigenvalue weighted by Gasteiger charge is 2.10. The standard InChI is InChI=1S/C17H14O/c1-2-6-14(7-3-1)10-12-16-13-11-15-8-4-5-9-17(15)18-16/h1-13,16H/b12-10+/t16-/m0/s1. The molecular formula is C17H14O. The van der Waals surface area contributed by atoms with Crippen LogP contribution in [0, 0.1) is 0 Å². The molecule has 18 heavy (non-hydrogen) atoms. The number of ether oxygens (including phenoxy) is 1. The topological polar surface area (TPSA) is 9.23 Å². The van der Waals surface area contributed by atoms with E-state index in [0.29, 0.717) is 0 Å². The van der Waals surface area contributed by atoms with E-state index in [4.69, 9.17) is 4.74 Å².